The maximum Gasteiger partial charge on any atom is 3.00 e. The molecular weight excluding hydrogens is 756 g/mol. The van der Waals surface area contributed by atoms with Gasteiger partial charge in [0.15, 0.2) is 4.30 Å². The van der Waals surface area contributed by atoms with Crippen LogP contribution < -0.4 is 60.3 Å². The number of halogens is 7. The van der Waals surface area contributed by atoms with Gasteiger partial charge in [0.1, 0.15) is 0 Å². The zero-order valence-electron chi connectivity index (χ0n) is 21.6. The molecule has 0 saturated heterocycles. The van der Waals surface area contributed by atoms with Crippen molar-refractivity contribution < 1.29 is 89.2 Å². The summed E-state index contributed by atoms with van der Waals surface area (Å²) < 4.78 is -0.750. The number of fused-ring (bicyclic) bond motifs is 2. The summed E-state index contributed by atoms with van der Waals surface area (Å²) in [7, 11) is 0. The molecule has 0 bridgehead atoms. The zero-order chi connectivity index (χ0) is 23.8. The number of pyridine rings is 2. The van der Waals surface area contributed by atoms with E-state index in [1.165, 1.54) is 36.5 Å². The molecule has 1 fully saturated rings. The van der Waals surface area contributed by atoms with E-state index < -0.39 is 4.30 Å². The van der Waals surface area contributed by atoms with Crippen molar-refractivity contribution in [2.75, 3.05) is 0 Å². The van der Waals surface area contributed by atoms with E-state index in [1.54, 1.807) is 0 Å². The summed E-state index contributed by atoms with van der Waals surface area (Å²) >= 11 is 14.4. The van der Waals surface area contributed by atoms with E-state index in [-0.39, 0.29) is 89.2 Å². The van der Waals surface area contributed by atoms with Gasteiger partial charge >= 0.3 is 34.1 Å². The Balaban J connectivity index is -0.000000587. The van der Waals surface area contributed by atoms with E-state index in [0.717, 1.165) is 35.5 Å². The number of nitrogens with one attached hydrogen (secondary N) is 2. The standard InChI is InChI=1S/C26H28N4.CHCl3.4ClH.2Fe.O/c1-3-9-23-19(7-1)13-15-21(29-23)17-27-25-11-5-6-12-26(25)28-18-22-16-14-20-8-2-4-10-24(20)30-22;2-1(3)4;;;;;;;/h1-4,7-10,13-16,25-28H,5-6,11-12,17-18H2;1H;4*1H;;;/q;;;;;;2*+3;-2/p-4/t25-,26-;;;;;;;;/m1......../s1. The summed E-state index contributed by atoms with van der Waals surface area (Å²) in [5, 5.41) is 9.94. The molecule has 2 aromatic heterocycles. The molecule has 5 nitrogen and oxygen atoms in total. The van der Waals surface area contributed by atoms with Crippen LogP contribution in [-0.4, -0.2) is 26.3 Å². The number of benzene rings is 2. The average molecular weight is 785 g/mol. The Hall–Kier alpha value is 0.209. The quantitative estimate of drug-likeness (QED) is 0.152. The molecular formula is C27H29Cl7Fe2N4O. The van der Waals surface area contributed by atoms with E-state index in [2.05, 4.69) is 83.4 Å². The first-order valence-electron chi connectivity index (χ1n) is 11.7. The van der Waals surface area contributed by atoms with Gasteiger partial charge in [-0.25, -0.2) is 0 Å². The summed E-state index contributed by atoms with van der Waals surface area (Å²) in [4.78, 5) is 9.63. The van der Waals surface area contributed by atoms with Crippen molar-refractivity contribution >= 4 is 56.6 Å². The molecule has 228 valence electrons. The first-order valence-corrected chi connectivity index (χ1v) is 13.0. The topological polar surface area (TPSA) is 78.3 Å². The maximum absolute atomic E-state index is 4.81. The van der Waals surface area contributed by atoms with Crippen molar-refractivity contribution in [3.63, 3.8) is 0 Å². The number of hydrogen-bond acceptors (Lipinski definition) is 4. The molecule has 2 radical (unpaired) electrons. The minimum absolute atomic E-state index is 0. The van der Waals surface area contributed by atoms with Gasteiger partial charge in [0.05, 0.1) is 22.4 Å². The van der Waals surface area contributed by atoms with Crippen LogP contribution in [0.4, 0.5) is 0 Å². The van der Waals surface area contributed by atoms with Crippen LogP contribution >= 0.6 is 34.8 Å². The summed E-state index contributed by atoms with van der Waals surface area (Å²) in [6.07, 6.45) is 4.98. The normalized spacial score (nSPS) is 15.0. The predicted molar refractivity (Wildman–Crippen MR) is 145 cm³/mol. The van der Waals surface area contributed by atoms with E-state index in [1.807, 2.05) is 0 Å². The number of aromatic nitrogens is 2. The fourth-order valence-corrected chi connectivity index (χ4v) is 4.50. The van der Waals surface area contributed by atoms with Gasteiger partial charge in [-0.15, -0.1) is 0 Å². The van der Waals surface area contributed by atoms with Crippen LogP contribution in [0.15, 0.2) is 72.8 Å². The predicted octanol–water partition coefficient (Wildman–Crippen LogP) is -5.15. The fraction of sp³-hybridized carbons (Fsp3) is 0.333. The Morgan fingerprint density at radius 2 is 0.951 bits per heavy atom. The zero-order valence-corrected chi connectivity index (χ0v) is 29.1. The van der Waals surface area contributed by atoms with Gasteiger partial charge in [0, 0.05) is 35.9 Å². The van der Waals surface area contributed by atoms with Gasteiger partial charge in [-0.2, -0.15) is 0 Å². The van der Waals surface area contributed by atoms with Gasteiger partial charge in [0.2, 0.25) is 0 Å². The number of rotatable bonds is 6. The van der Waals surface area contributed by atoms with Crippen LogP contribution in [0.1, 0.15) is 37.1 Å². The van der Waals surface area contributed by atoms with Gasteiger partial charge in [-0.3, -0.25) is 9.97 Å². The smallest absolute Gasteiger partial charge is 2.00 e. The van der Waals surface area contributed by atoms with E-state index in [9.17, 15) is 0 Å². The molecule has 2 N–H and O–H groups in total. The Kier molecular flexibility index (Phi) is 30.0. The third-order valence-electron chi connectivity index (χ3n) is 6.17. The van der Waals surface area contributed by atoms with Crippen molar-refractivity contribution in [3.8, 4) is 0 Å². The molecule has 14 heteroatoms. The van der Waals surface area contributed by atoms with Gasteiger partial charge < -0.3 is 65.7 Å². The molecule has 0 amide bonds. The molecule has 0 aliphatic heterocycles. The first-order chi connectivity index (χ1) is 16.6. The monoisotopic (exact) mass is 782 g/mol. The second-order valence-corrected chi connectivity index (χ2v) is 10.5. The van der Waals surface area contributed by atoms with Crippen molar-refractivity contribution in [2.45, 2.75) is 55.2 Å². The molecule has 1 aliphatic rings. The fourth-order valence-electron chi connectivity index (χ4n) is 4.50. The Bertz CT molecular complexity index is 1140. The molecule has 1 saturated carbocycles. The average Bonchev–Trinajstić information content (AvgIpc) is 2.86. The van der Waals surface area contributed by atoms with E-state index >= 15 is 0 Å². The Labute approximate surface area is 303 Å². The van der Waals surface area contributed by atoms with Gasteiger partial charge in [-0.1, -0.05) is 96.2 Å². The Morgan fingerprint density at radius 3 is 1.32 bits per heavy atom. The van der Waals surface area contributed by atoms with Crippen LogP contribution in [0.3, 0.4) is 0 Å². The number of hydrogen-bond donors (Lipinski definition) is 2. The summed E-state index contributed by atoms with van der Waals surface area (Å²) in [5.41, 5.74) is 4.35. The second kappa shape index (κ2) is 25.5. The van der Waals surface area contributed by atoms with Crippen LogP contribution in [0.25, 0.3) is 21.8 Å². The summed E-state index contributed by atoms with van der Waals surface area (Å²) in [6.45, 7) is 1.61. The summed E-state index contributed by atoms with van der Waals surface area (Å²) in [6, 6.07) is 26.2. The minimum atomic E-state index is -0.750. The van der Waals surface area contributed by atoms with Gasteiger partial charge in [0.25, 0.3) is 0 Å². The van der Waals surface area contributed by atoms with Crippen LogP contribution in [0, 0.1) is 0 Å². The molecule has 0 spiro atoms. The summed E-state index contributed by atoms with van der Waals surface area (Å²) in [5.74, 6) is 0. The molecule has 0 unspecified atom stereocenters. The second-order valence-electron chi connectivity index (χ2n) is 8.50. The molecule has 41 heavy (non-hydrogen) atoms. The third kappa shape index (κ3) is 15.7. The third-order valence-corrected chi connectivity index (χ3v) is 6.17. The molecule has 5 rings (SSSR count). The number of para-hydroxylation sites is 2. The minimum Gasteiger partial charge on any atom is -2.00 e. The van der Waals surface area contributed by atoms with Crippen LogP contribution in [0.2, 0.25) is 0 Å². The van der Waals surface area contributed by atoms with E-state index in [0.29, 0.717) is 12.1 Å². The molecule has 2 aromatic carbocycles. The van der Waals surface area contributed by atoms with Gasteiger partial charge in [-0.05, 0) is 37.1 Å². The van der Waals surface area contributed by atoms with Crippen molar-refractivity contribution in [3.05, 3.63) is 84.2 Å². The van der Waals surface area contributed by atoms with Crippen LogP contribution in [0.5, 0.6) is 0 Å². The first kappa shape index (κ1) is 48.1. The molecule has 2 heterocycles. The van der Waals surface area contributed by atoms with Crippen LogP contribution in [-0.2, 0) is 52.7 Å². The number of alkyl halides is 3. The SMILES string of the molecule is ClC(Cl)Cl.[Cl-].[Cl-].[Cl-].[Cl-].[Fe+3].[Fe+3].[O-2].c1ccc2nc(CN[C@@H]3CCCC[C@H]3NCc3ccc4ccccc4n3)ccc2c1. The largest absolute Gasteiger partial charge is 3.00 e. The molecule has 1 aliphatic carbocycles. The Morgan fingerprint density at radius 1 is 0.610 bits per heavy atom. The maximum atomic E-state index is 4.81. The van der Waals surface area contributed by atoms with Crippen molar-refractivity contribution in [1.29, 1.82) is 0 Å². The molecule has 2 atom stereocenters. The van der Waals surface area contributed by atoms with Crippen molar-refractivity contribution in [2.24, 2.45) is 0 Å². The number of nitrogens with zero attached hydrogens (tertiary/aromatic N) is 2. The van der Waals surface area contributed by atoms with E-state index in [4.69, 9.17) is 44.8 Å². The molecule has 4 aromatic rings. The van der Waals surface area contributed by atoms with Crippen molar-refractivity contribution in [1.82, 2.24) is 20.6 Å².